The van der Waals surface area contributed by atoms with E-state index in [9.17, 15) is 29.1 Å². The Hall–Kier alpha value is -6.15. The van der Waals surface area contributed by atoms with E-state index in [-0.39, 0.29) is 50.3 Å². The molecule has 6 bridgehead atoms. The number of pyridine rings is 1. The lowest BCUT2D eigenvalue weighted by molar-refractivity contribution is -0.189. The van der Waals surface area contributed by atoms with Crippen LogP contribution >= 0.6 is 0 Å². The molecule has 3 saturated heterocycles. The summed E-state index contributed by atoms with van der Waals surface area (Å²) in [6.07, 6.45) is 4.80. The van der Waals surface area contributed by atoms with Crippen molar-refractivity contribution in [3.63, 3.8) is 0 Å². The first-order valence-electron chi connectivity index (χ1n) is 23.3. The van der Waals surface area contributed by atoms with E-state index in [0.29, 0.717) is 51.1 Å². The highest BCUT2D eigenvalue weighted by Crippen LogP contribution is 2.43. The lowest BCUT2D eigenvalue weighted by Gasteiger charge is -2.52. The van der Waals surface area contributed by atoms with Crippen LogP contribution in [0.3, 0.4) is 0 Å². The molecular formula is C49H64N10O9. The minimum absolute atomic E-state index is 0.0400. The van der Waals surface area contributed by atoms with Crippen molar-refractivity contribution >= 4 is 40.6 Å². The van der Waals surface area contributed by atoms with E-state index in [2.05, 4.69) is 34.9 Å². The number of aromatic nitrogens is 3. The summed E-state index contributed by atoms with van der Waals surface area (Å²) in [5.41, 5.74) is 5.13. The van der Waals surface area contributed by atoms with Crippen molar-refractivity contribution in [2.75, 3.05) is 61.0 Å². The molecule has 68 heavy (non-hydrogen) atoms. The summed E-state index contributed by atoms with van der Waals surface area (Å²) in [5.74, 6) is -2.34. The number of oxazole rings is 1. The number of rotatable bonds is 9. The van der Waals surface area contributed by atoms with Gasteiger partial charge in [-0.25, -0.2) is 14.6 Å². The summed E-state index contributed by atoms with van der Waals surface area (Å²) >= 11 is 0. The Kier molecular flexibility index (Phi) is 13.3. The number of carbonyl (C=O) groups excluding carboxylic acids is 5. The molecule has 0 saturated carbocycles. The normalized spacial score (nSPS) is 23.8. The van der Waals surface area contributed by atoms with E-state index >= 15 is 0 Å². The van der Waals surface area contributed by atoms with Crippen molar-refractivity contribution in [3.8, 4) is 22.5 Å². The number of amides is 5. The number of aliphatic hydroxyl groups is 1. The van der Waals surface area contributed by atoms with Crippen LogP contribution in [0.2, 0.25) is 0 Å². The second-order valence-electron chi connectivity index (χ2n) is 19.6. The van der Waals surface area contributed by atoms with Crippen molar-refractivity contribution in [3.05, 3.63) is 72.6 Å². The first-order valence-corrected chi connectivity index (χ1v) is 23.3. The number of hydrogen-bond donors (Lipinski definition) is 3. The Labute approximate surface area is 396 Å². The number of nitrogens with zero attached hydrogens (tertiary/aromatic N) is 8. The molecule has 0 unspecified atom stereocenters. The van der Waals surface area contributed by atoms with Crippen molar-refractivity contribution in [2.24, 2.45) is 5.41 Å². The SMILES string of the molecule is C=CC(=O)N1CC[C@]2(CCN2C(=O)N(C)[C@H](C(=O)N[C@H]2Cc3nc(co3)-c3ccc4c(c3)c(c(-c3cccnc3[C@H](C)OC)n4CC)CC(C)(C)COC(=O)[C@@]3(O)CCCN(N3)C2=O)N(C)C)C1. The van der Waals surface area contributed by atoms with E-state index in [4.69, 9.17) is 23.9 Å². The molecular weight excluding hydrogens is 873 g/mol. The van der Waals surface area contributed by atoms with Gasteiger partial charge in [-0.3, -0.25) is 29.3 Å². The Morgan fingerprint density at radius 2 is 1.88 bits per heavy atom. The standard InChI is InChI=1S/C49H64N10O9/c1-10-39(60)56-22-18-48(28-56)19-23-58(48)46(64)55(8)43(54(6)7)42(61)52-35-25-38-51-36(27-67-38)31-15-16-37-33(24-31)34(41(57(37)11-2)32-14-12-20-50-40(32)30(3)66-9)26-47(4,5)29-68-45(63)49(65)17-13-21-59(53-49)44(35)62/h10,12,14-16,20,24,27,30,35,43,53,65H,1,11,13,17-19,21-23,25-26,28-29H2,2-9H3,(H,52,61)/t30-,35-,43+,48-,49-/m0/s1. The second kappa shape index (κ2) is 18.7. The molecule has 4 aliphatic rings. The Morgan fingerprint density at radius 3 is 2.57 bits per heavy atom. The third kappa shape index (κ3) is 8.87. The van der Waals surface area contributed by atoms with Crippen LogP contribution in [-0.2, 0) is 48.0 Å². The molecule has 3 N–H and O–H groups in total. The molecule has 0 radical (unpaired) electrons. The van der Waals surface area contributed by atoms with Gasteiger partial charge in [0, 0.05) is 86.9 Å². The first-order chi connectivity index (χ1) is 32.3. The number of hydrogen-bond acceptors (Lipinski definition) is 13. The Morgan fingerprint density at radius 1 is 1.12 bits per heavy atom. The van der Waals surface area contributed by atoms with Gasteiger partial charge in [-0.2, -0.15) is 5.43 Å². The molecule has 1 spiro atoms. The molecule has 4 aromatic rings. The molecule has 3 aromatic heterocycles. The summed E-state index contributed by atoms with van der Waals surface area (Å²) in [4.78, 5) is 85.7. The van der Waals surface area contributed by atoms with Gasteiger partial charge in [0.25, 0.3) is 11.8 Å². The van der Waals surface area contributed by atoms with Gasteiger partial charge < -0.3 is 43.6 Å². The fourth-order valence-corrected chi connectivity index (χ4v) is 10.3. The fourth-order valence-electron chi connectivity index (χ4n) is 10.3. The molecule has 5 atom stereocenters. The van der Waals surface area contributed by atoms with Gasteiger partial charge in [0.05, 0.1) is 36.1 Å². The van der Waals surface area contributed by atoms with Crippen LogP contribution in [0, 0.1) is 5.41 Å². The molecule has 8 rings (SSSR count). The number of urea groups is 1. The molecule has 0 aliphatic carbocycles. The van der Waals surface area contributed by atoms with Crippen LogP contribution in [0.1, 0.15) is 76.6 Å². The van der Waals surface area contributed by atoms with Crippen LogP contribution in [-0.4, -0.2) is 158 Å². The van der Waals surface area contributed by atoms with Crippen molar-refractivity contribution < 1.29 is 43.0 Å². The van der Waals surface area contributed by atoms with Gasteiger partial charge in [-0.1, -0.05) is 26.5 Å². The second-order valence-corrected chi connectivity index (χ2v) is 19.6. The first kappa shape index (κ1) is 48.3. The highest BCUT2D eigenvalue weighted by molar-refractivity contribution is 5.96. The number of cyclic esters (lactones) is 1. The smallest absolute Gasteiger partial charge is 0.355 e. The largest absolute Gasteiger partial charge is 0.462 e. The van der Waals surface area contributed by atoms with Crippen molar-refractivity contribution in [1.82, 2.24) is 49.9 Å². The third-order valence-electron chi connectivity index (χ3n) is 14.1. The maximum Gasteiger partial charge on any atom is 0.355 e. The number of aryl methyl sites for hydroxylation is 1. The number of nitrogens with one attached hydrogen (secondary N) is 2. The van der Waals surface area contributed by atoms with Gasteiger partial charge in [-0.15, -0.1) is 0 Å². The van der Waals surface area contributed by atoms with Crippen LogP contribution < -0.4 is 10.7 Å². The Balaban J connectivity index is 1.16. The molecule has 364 valence electrons. The van der Waals surface area contributed by atoms with E-state index < -0.39 is 52.7 Å². The summed E-state index contributed by atoms with van der Waals surface area (Å²) in [7, 11) is 6.49. The zero-order valence-corrected chi connectivity index (χ0v) is 40.3. The highest BCUT2D eigenvalue weighted by atomic mass is 16.6. The van der Waals surface area contributed by atoms with Gasteiger partial charge in [-0.05, 0) is 89.5 Å². The molecule has 19 nitrogen and oxygen atoms in total. The number of likely N-dealkylation sites (N-methyl/N-ethyl adjacent to an activating group) is 2. The average Bonchev–Trinajstić information content (AvgIpc) is 4.06. The summed E-state index contributed by atoms with van der Waals surface area (Å²) in [6, 6.07) is 8.28. The number of fused-ring (bicyclic) bond motifs is 6. The summed E-state index contributed by atoms with van der Waals surface area (Å²) in [6.45, 7) is 13.6. The van der Waals surface area contributed by atoms with Crippen LogP contribution in [0.25, 0.3) is 33.4 Å². The number of esters is 1. The third-order valence-corrected chi connectivity index (χ3v) is 14.1. The van der Waals surface area contributed by atoms with Gasteiger partial charge in [0.2, 0.25) is 11.6 Å². The quantitative estimate of drug-likeness (QED) is 0.124. The zero-order valence-electron chi connectivity index (χ0n) is 40.3. The monoisotopic (exact) mass is 936 g/mol. The zero-order chi connectivity index (χ0) is 48.9. The van der Waals surface area contributed by atoms with Crippen molar-refractivity contribution in [1.29, 1.82) is 0 Å². The lowest BCUT2D eigenvalue weighted by Crippen LogP contribution is -2.69. The van der Waals surface area contributed by atoms with E-state index in [1.165, 1.54) is 24.3 Å². The fraction of sp³-hybridized carbons (Fsp3) is 0.531. The maximum atomic E-state index is 14.7. The minimum Gasteiger partial charge on any atom is -0.462 e. The number of benzene rings is 1. The van der Waals surface area contributed by atoms with E-state index in [1.54, 1.807) is 42.1 Å². The number of ether oxygens (including phenoxy) is 2. The number of likely N-dealkylation sites (tertiary alicyclic amines) is 2. The predicted octanol–water partition coefficient (Wildman–Crippen LogP) is 3.86. The number of hydrazine groups is 1. The van der Waals surface area contributed by atoms with Crippen molar-refractivity contribution in [2.45, 2.75) is 102 Å². The maximum absolute atomic E-state index is 14.7. The highest BCUT2D eigenvalue weighted by Gasteiger charge is 2.54. The number of methoxy groups -OCH3 is 1. The molecule has 3 fully saturated rings. The number of carbonyl (C=O) groups is 5. The molecule has 5 amide bonds. The van der Waals surface area contributed by atoms with E-state index in [0.717, 1.165) is 44.0 Å². The summed E-state index contributed by atoms with van der Waals surface area (Å²) in [5, 5.41) is 16.8. The molecule has 19 heteroatoms. The predicted molar refractivity (Wildman–Crippen MR) is 251 cm³/mol. The summed E-state index contributed by atoms with van der Waals surface area (Å²) < 4.78 is 20.1. The average molecular weight is 937 g/mol. The van der Waals surface area contributed by atoms with Crippen LogP contribution in [0.4, 0.5) is 4.79 Å². The van der Waals surface area contributed by atoms with Gasteiger partial charge in [0.1, 0.15) is 18.0 Å². The minimum atomic E-state index is -2.27. The lowest BCUT2D eigenvalue weighted by atomic mass is 9.84. The van der Waals surface area contributed by atoms with E-state index in [1.807, 2.05) is 45.0 Å². The van der Waals surface area contributed by atoms with Gasteiger partial charge >= 0.3 is 12.0 Å². The molecule has 7 heterocycles. The van der Waals surface area contributed by atoms with Gasteiger partial charge in [0.15, 0.2) is 12.1 Å². The Bertz CT molecular complexity index is 2620. The topological polar surface area (TPSA) is 208 Å². The van der Waals surface area contributed by atoms with Crippen LogP contribution in [0.15, 0.2) is 59.9 Å². The van der Waals surface area contributed by atoms with Crippen LogP contribution in [0.5, 0.6) is 0 Å². The molecule has 4 aliphatic heterocycles. The molecule has 1 aromatic carbocycles.